The average molecular weight is 381 g/mol. The van der Waals surface area contributed by atoms with E-state index in [1.165, 1.54) is 49.7 Å². The second-order valence-electron chi connectivity index (χ2n) is 7.59. The van der Waals surface area contributed by atoms with Crippen molar-refractivity contribution >= 4 is 7.37 Å². The zero-order valence-corrected chi connectivity index (χ0v) is 18.5. The summed E-state index contributed by atoms with van der Waals surface area (Å²) in [6.07, 6.45) is 11.7. The quantitative estimate of drug-likeness (QED) is 0.229. The van der Waals surface area contributed by atoms with E-state index in [4.69, 9.17) is 4.52 Å². The van der Waals surface area contributed by atoms with Crippen LogP contribution in [-0.2, 0) is 21.7 Å². The van der Waals surface area contributed by atoms with E-state index in [0.717, 1.165) is 25.4 Å². The van der Waals surface area contributed by atoms with E-state index in [1.807, 2.05) is 0 Å². The van der Waals surface area contributed by atoms with E-state index in [0.29, 0.717) is 18.7 Å². The second kappa shape index (κ2) is 13.6. The van der Waals surface area contributed by atoms with Crippen LogP contribution >= 0.6 is 7.37 Å². The van der Waals surface area contributed by atoms with E-state index in [2.05, 4.69) is 52.0 Å². The summed E-state index contributed by atoms with van der Waals surface area (Å²) in [4.78, 5) is 0. The van der Waals surface area contributed by atoms with Crippen LogP contribution in [0.3, 0.4) is 0 Å². The summed E-state index contributed by atoms with van der Waals surface area (Å²) in [7, 11) is -2.64. The molecule has 2 nitrogen and oxygen atoms in total. The van der Waals surface area contributed by atoms with Crippen molar-refractivity contribution in [3.63, 3.8) is 0 Å². The van der Waals surface area contributed by atoms with E-state index < -0.39 is 7.37 Å². The van der Waals surface area contributed by atoms with Crippen molar-refractivity contribution in [3.05, 3.63) is 35.4 Å². The van der Waals surface area contributed by atoms with Crippen molar-refractivity contribution < 1.29 is 9.09 Å². The molecular formula is C23H41O2P. The highest BCUT2D eigenvalue weighted by atomic mass is 31.2. The van der Waals surface area contributed by atoms with Crippen molar-refractivity contribution in [3.8, 4) is 0 Å². The highest BCUT2D eigenvalue weighted by Crippen LogP contribution is 2.53. The van der Waals surface area contributed by atoms with E-state index in [9.17, 15) is 4.57 Å². The Morgan fingerprint density at radius 2 is 1.62 bits per heavy atom. The minimum absolute atomic E-state index is 0.519. The topological polar surface area (TPSA) is 26.3 Å². The van der Waals surface area contributed by atoms with Gasteiger partial charge < -0.3 is 4.52 Å². The normalized spacial score (nSPS) is 14.9. The van der Waals surface area contributed by atoms with Gasteiger partial charge in [0, 0.05) is 6.16 Å². The van der Waals surface area contributed by atoms with Crippen LogP contribution in [0.1, 0.15) is 90.2 Å². The first kappa shape index (κ1) is 23.4. The molecule has 0 saturated heterocycles. The van der Waals surface area contributed by atoms with Gasteiger partial charge in [0.1, 0.15) is 0 Å². The molecule has 1 rings (SSSR count). The van der Waals surface area contributed by atoms with Crippen LogP contribution < -0.4 is 0 Å². The van der Waals surface area contributed by atoms with Crippen LogP contribution in [0.5, 0.6) is 0 Å². The number of rotatable bonds is 15. The first-order valence-electron chi connectivity index (χ1n) is 10.9. The summed E-state index contributed by atoms with van der Waals surface area (Å²) in [6.45, 7) is 9.49. The Kier molecular flexibility index (Phi) is 12.2. The molecule has 0 fully saturated rings. The summed E-state index contributed by atoms with van der Waals surface area (Å²) in [5, 5.41) is 0. The maximum absolute atomic E-state index is 13.8. The van der Waals surface area contributed by atoms with Gasteiger partial charge in [-0.2, -0.15) is 0 Å². The minimum atomic E-state index is -2.64. The molecule has 0 radical (unpaired) electrons. The van der Waals surface area contributed by atoms with E-state index in [-0.39, 0.29) is 0 Å². The molecule has 0 spiro atoms. The van der Waals surface area contributed by atoms with Crippen LogP contribution in [0.4, 0.5) is 0 Å². The van der Waals surface area contributed by atoms with Crippen LogP contribution in [0.2, 0.25) is 0 Å². The van der Waals surface area contributed by atoms with E-state index in [1.54, 1.807) is 0 Å². The Labute approximate surface area is 162 Å². The maximum Gasteiger partial charge on any atom is 0.207 e. The highest BCUT2D eigenvalue weighted by molar-refractivity contribution is 7.58. The summed E-state index contributed by atoms with van der Waals surface area (Å²) < 4.78 is 19.9. The standard InChI is InChI=1S/C23H41O2P/c1-5-9-11-14-18-25-26(24,19-21(7-3)15-10-6-2)20-23-17-13-12-16-22(23)8-4/h12-13,16-17,21H,5-11,14-15,18-20H2,1-4H3. The molecule has 0 aliphatic heterocycles. The predicted octanol–water partition coefficient (Wildman–Crippen LogP) is 7.84. The lowest BCUT2D eigenvalue weighted by Gasteiger charge is -2.25. The van der Waals surface area contributed by atoms with Crippen molar-refractivity contribution in [1.29, 1.82) is 0 Å². The van der Waals surface area contributed by atoms with Gasteiger partial charge >= 0.3 is 0 Å². The Bertz CT molecular complexity index is 527. The lowest BCUT2D eigenvalue weighted by atomic mass is 10.0. The monoisotopic (exact) mass is 380 g/mol. The molecule has 0 amide bonds. The van der Waals surface area contributed by atoms with Gasteiger partial charge in [0.2, 0.25) is 7.37 Å². The number of hydrogen-bond acceptors (Lipinski definition) is 2. The van der Waals surface area contributed by atoms with Gasteiger partial charge in [-0.15, -0.1) is 0 Å². The fraction of sp³-hybridized carbons (Fsp3) is 0.739. The summed E-state index contributed by atoms with van der Waals surface area (Å²) in [5.74, 6) is 0.519. The Morgan fingerprint density at radius 3 is 2.23 bits per heavy atom. The fourth-order valence-electron chi connectivity index (χ4n) is 3.55. The average Bonchev–Trinajstić information content (AvgIpc) is 2.65. The molecule has 2 atom stereocenters. The molecule has 0 N–H and O–H groups in total. The number of unbranched alkanes of at least 4 members (excludes halogenated alkanes) is 4. The summed E-state index contributed by atoms with van der Waals surface area (Å²) in [5.41, 5.74) is 2.53. The molecular weight excluding hydrogens is 339 g/mol. The van der Waals surface area contributed by atoms with Gasteiger partial charge in [-0.1, -0.05) is 90.5 Å². The molecule has 2 unspecified atom stereocenters. The number of aryl methyl sites for hydroxylation is 1. The summed E-state index contributed by atoms with van der Waals surface area (Å²) in [6, 6.07) is 8.44. The Balaban J connectivity index is 2.83. The third-order valence-electron chi connectivity index (χ3n) is 5.31. The van der Waals surface area contributed by atoms with Gasteiger partial charge in [-0.25, -0.2) is 0 Å². The van der Waals surface area contributed by atoms with Crippen molar-refractivity contribution in [2.75, 3.05) is 12.8 Å². The zero-order chi connectivity index (χ0) is 19.3. The Morgan fingerprint density at radius 1 is 0.923 bits per heavy atom. The lowest BCUT2D eigenvalue weighted by Crippen LogP contribution is -2.11. The summed E-state index contributed by atoms with van der Waals surface area (Å²) >= 11 is 0. The molecule has 1 aromatic carbocycles. The minimum Gasteiger partial charge on any atom is -0.328 e. The SMILES string of the molecule is CCCCCCOP(=O)(Cc1ccccc1CC)CC(CC)CCCC. The van der Waals surface area contributed by atoms with E-state index >= 15 is 0 Å². The van der Waals surface area contributed by atoms with Gasteiger partial charge in [0.25, 0.3) is 0 Å². The molecule has 26 heavy (non-hydrogen) atoms. The smallest absolute Gasteiger partial charge is 0.207 e. The number of hydrogen-bond donors (Lipinski definition) is 0. The van der Waals surface area contributed by atoms with Crippen molar-refractivity contribution in [1.82, 2.24) is 0 Å². The Hall–Kier alpha value is -0.590. The molecule has 0 heterocycles. The third kappa shape index (κ3) is 8.87. The van der Waals surface area contributed by atoms with Crippen LogP contribution in [0, 0.1) is 5.92 Å². The molecule has 0 aliphatic carbocycles. The largest absolute Gasteiger partial charge is 0.328 e. The number of benzene rings is 1. The highest BCUT2D eigenvalue weighted by Gasteiger charge is 2.28. The zero-order valence-electron chi connectivity index (χ0n) is 17.6. The first-order valence-corrected chi connectivity index (χ1v) is 12.9. The molecule has 0 aliphatic rings. The van der Waals surface area contributed by atoms with Gasteiger partial charge in [-0.05, 0) is 36.3 Å². The molecule has 150 valence electrons. The van der Waals surface area contributed by atoms with Crippen LogP contribution in [0.25, 0.3) is 0 Å². The maximum atomic E-state index is 13.8. The van der Waals surface area contributed by atoms with Gasteiger partial charge in [0.05, 0.1) is 12.8 Å². The molecule has 3 heteroatoms. The fourth-order valence-corrected chi connectivity index (χ4v) is 6.39. The molecule has 0 bridgehead atoms. The third-order valence-corrected chi connectivity index (χ3v) is 7.86. The van der Waals surface area contributed by atoms with Gasteiger partial charge in [0.15, 0.2) is 0 Å². The van der Waals surface area contributed by atoms with Crippen LogP contribution in [-0.4, -0.2) is 12.8 Å². The predicted molar refractivity (Wildman–Crippen MR) is 115 cm³/mol. The first-order chi connectivity index (χ1) is 12.6. The molecule has 0 aromatic heterocycles. The van der Waals surface area contributed by atoms with Crippen LogP contribution in [0.15, 0.2) is 24.3 Å². The van der Waals surface area contributed by atoms with Crippen molar-refractivity contribution in [2.24, 2.45) is 5.92 Å². The molecule has 0 saturated carbocycles. The van der Waals surface area contributed by atoms with Gasteiger partial charge in [-0.3, -0.25) is 4.57 Å². The van der Waals surface area contributed by atoms with Crippen molar-refractivity contribution in [2.45, 2.75) is 91.6 Å². The second-order valence-corrected chi connectivity index (χ2v) is 10.2. The lowest BCUT2D eigenvalue weighted by molar-refractivity contribution is 0.295. The molecule has 1 aromatic rings.